The molecule has 0 N–H and O–H groups in total. The van der Waals surface area contributed by atoms with Crippen molar-refractivity contribution in [2.45, 2.75) is 38.1 Å². The summed E-state index contributed by atoms with van der Waals surface area (Å²) in [6.45, 7) is 4.17. The molecule has 22 heavy (non-hydrogen) atoms. The Kier molecular flexibility index (Phi) is 2.55. The second-order valence-corrected chi connectivity index (χ2v) is 6.33. The minimum Gasteiger partial charge on any atom is -0.356 e. The van der Waals surface area contributed by atoms with Gasteiger partial charge in [-0.25, -0.2) is 0 Å². The van der Waals surface area contributed by atoms with Crippen molar-refractivity contribution in [3.63, 3.8) is 0 Å². The normalized spacial score (nSPS) is 29.3. The fourth-order valence-corrected chi connectivity index (χ4v) is 3.72. The molecule has 2 fully saturated rings. The third kappa shape index (κ3) is 1.50. The van der Waals surface area contributed by atoms with Crippen molar-refractivity contribution in [2.24, 2.45) is 0 Å². The molecule has 1 aromatic rings. The highest BCUT2D eigenvalue weighted by atomic mass is 16.5. The topological polar surface area (TPSA) is 66.9 Å². The zero-order valence-electron chi connectivity index (χ0n) is 12.4. The van der Waals surface area contributed by atoms with E-state index in [0.717, 1.165) is 4.90 Å². The van der Waals surface area contributed by atoms with E-state index >= 15 is 0 Å². The number of carbonyl (C=O) groups is 3. The van der Waals surface area contributed by atoms with Gasteiger partial charge in [0.1, 0.15) is 11.8 Å². The van der Waals surface area contributed by atoms with Crippen molar-refractivity contribution >= 4 is 17.7 Å². The van der Waals surface area contributed by atoms with E-state index in [1.54, 1.807) is 29.2 Å². The highest BCUT2D eigenvalue weighted by molar-refractivity contribution is 6.23. The molecule has 3 aliphatic rings. The molecule has 3 amide bonds. The molecule has 3 heterocycles. The number of imide groups is 1. The van der Waals surface area contributed by atoms with Crippen LogP contribution in [0.5, 0.6) is 0 Å². The predicted octanol–water partition coefficient (Wildman–Crippen LogP) is 1.02. The van der Waals surface area contributed by atoms with Gasteiger partial charge in [0.25, 0.3) is 17.7 Å². The van der Waals surface area contributed by atoms with Crippen molar-refractivity contribution in [1.29, 1.82) is 0 Å². The predicted molar refractivity (Wildman–Crippen MR) is 76.0 cm³/mol. The number of fused-ring (bicyclic) bond motifs is 2. The first-order chi connectivity index (χ1) is 10.4. The van der Waals surface area contributed by atoms with Gasteiger partial charge in [0, 0.05) is 0 Å². The van der Waals surface area contributed by atoms with Gasteiger partial charge in [0.2, 0.25) is 0 Å². The summed E-state index contributed by atoms with van der Waals surface area (Å²) in [6, 6.07) is 5.85. The first kappa shape index (κ1) is 13.5. The van der Waals surface area contributed by atoms with Crippen LogP contribution in [0.15, 0.2) is 24.3 Å². The maximum Gasteiger partial charge on any atom is 0.262 e. The summed E-state index contributed by atoms with van der Waals surface area (Å²) < 4.78 is 5.61. The van der Waals surface area contributed by atoms with E-state index in [-0.39, 0.29) is 23.8 Å². The Morgan fingerprint density at radius 3 is 2.27 bits per heavy atom. The van der Waals surface area contributed by atoms with Crippen molar-refractivity contribution in [3.05, 3.63) is 35.4 Å². The van der Waals surface area contributed by atoms with Crippen LogP contribution in [0.4, 0.5) is 0 Å². The highest BCUT2D eigenvalue weighted by Crippen LogP contribution is 2.41. The van der Waals surface area contributed by atoms with Crippen LogP contribution in [0.3, 0.4) is 0 Å². The molecule has 2 saturated heterocycles. The van der Waals surface area contributed by atoms with Crippen LogP contribution >= 0.6 is 0 Å². The maximum absolute atomic E-state index is 12.5. The van der Waals surface area contributed by atoms with Gasteiger partial charge in [-0.1, -0.05) is 12.1 Å². The number of amides is 3. The maximum atomic E-state index is 12.5. The van der Waals surface area contributed by atoms with Gasteiger partial charge in [-0.2, -0.15) is 0 Å². The number of hydrogen-bond acceptors (Lipinski definition) is 4. The molecule has 0 radical (unpaired) electrons. The summed E-state index contributed by atoms with van der Waals surface area (Å²) in [7, 11) is 0. The number of ether oxygens (including phenoxy) is 1. The molecule has 6 heteroatoms. The number of hydrogen-bond donors (Lipinski definition) is 0. The first-order valence-corrected chi connectivity index (χ1v) is 7.37. The fraction of sp³-hybridized carbons (Fsp3) is 0.438. The zero-order chi connectivity index (χ0) is 15.6. The molecule has 0 unspecified atom stereocenters. The number of carbonyl (C=O) groups excluding carboxylic acids is 3. The second-order valence-electron chi connectivity index (χ2n) is 6.33. The van der Waals surface area contributed by atoms with E-state index in [0.29, 0.717) is 24.2 Å². The number of nitrogens with zero attached hydrogens (tertiary/aromatic N) is 2. The van der Waals surface area contributed by atoms with Gasteiger partial charge in [-0.3, -0.25) is 19.3 Å². The van der Waals surface area contributed by atoms with Gasteiger partial charge < -0.3 is 9.64 Å². The van der Waals surface area contributed by atoms with Crippen molar-refractivity contribution < 1.29 is 19.1 Å². The molecule has 0 aromatic heterocycles. The summed E-state index contributed by atoms with van der Waals surface area (Å²) in [5, 5.41) is 0. The summed E-state index contributed by atoms with van der Waals surface area (Å²) in [5.74, 6) is -0.963. The number of benzene rings is 1. The summed E-state index contributed by atoms with van der Waals surface area (Å²) in [4.78, 5) is 40.4. The third-order valence-electron chi connectivity index (χ3n) is 4.74. The van der Waals surface area contributed by atoms with Crippen molar-refractivity contribution in [1.82, 2.24) is 9.80 Å². The third-order valence-corrected chi connectivity index (χ3v) is 4.74. The van der Waals surface area contributed by atoms with Crippen LogP contribution in [0, 0.1) is 0 Å². The van der Waals surface area contributed by atoms with Crippen LogP contribution in [0.25, 0.3) is 0 Å². The van der Waals surface area contributed by atoms with Crippen LogP contribution in [0.1, 0.15) is 41.0 Å². The minimum atomic E-state index is -0.699. The largest absolute Gasteiger partial charge is 0.356 e. The second kappa shape index (κ2) is 4.16. The molecule has 0 aliphatic carbocycles. The Balaban J connectivity index is 1.69. The number of rotatable bonds is 1. The Bertz CT molecular complexity index is 677. The van der Waals surface area contributed by atoms with E-state index in [2.05, 4.69) is 0 Å². The van der Waals surface area contributed by atoms with Gasteiger partial charge in [-0.05, 0) is 32.4 Å². The lowest BCUT2D eigenvalue weighted by Gasteiger charge is -2.58. The molecule has 0 spiro atoms. The van der Waals surface area contributed by atoms with E-state index in [1.165, 1.54) is 0 Å². The van der Waals surface area contributed by atoms with E-state index in [4.69, 9.17) is 4.74 Å². The molecular formula is C16H16N2O4. The van der Waals surface area contributed by atoms with E-state index in [1.807, 2.05) is 13.8 Å². The smallest absolute Gasteiger partial charge is 0.262 e. The monoisotopic (exact) mass is 300 g/mol. The van der Waals surface area contributed by atoms with Gasteiger partial charge in [-0.15, -0.1) is 0 Å². The van der Waals surface area contributed by atoms with E-state index < -0.39 is 11.8 Å². The van der Waals surface area contributed by atoms with Crippen molar-refractivity contribution in [3.8, 4) is 0 Å². The molecule has 0 bridgehead atoms. The van der Waals surface area contributed by atoms with Crippen molar-refractivity contribution in [2.75, 3.05) is 6.61 Å². The lowest BCUT2D eigenvalue weighted by molar-refractivity contribution is -0.230. The van der Waals surface area contributed by atoms with Crippen LogP contribution in [-0.2, 0) is 9.53 Å². The van der Waals surface area contributed by atoms with Crippen LogP contribution in [-0.4, -0.2) is 51.9 Å². The Morgan fingerprint density at radius 2 is 1.68 bits per heavy atom. The molecule has 1 aromatic carbocycles. The molecule has 6 nitrogen and oxygen atoms in total. The lowest BCUT2D eigenvalue weighted by atomic mass is 9.86. The Morgan fingerprint density at radius 1 is 1.09 bits per heavy atom. The molecule has 114 valence electrons. The van der Waals surface area contributed by atoms with Gasteiger partial charge in [0.05, 0.1) is 23.8 Å². The quantitative estimate of drug-likeness (QED) is 0.573. The summed E-state index contributed by atoms with van der Waals surface area (Å²) in [6.07, 6.45) is 0.632. The molecule has 2 atom stereocenters. The standard InChI is InChI=1S/C16H16N2O4/c1-16(2)18-11(7-8-22-16)12(15(18)21)17-13(19)9-5-3-4-6-10(9)14(17)20/h3-6,11-12H,7-8H2,1-2H3/t11-,12-/m1/s1. The van der Waals surface area contributed by atoms with Crippen LogP contribution in [0.2, 0.25) is 0 Å². The molecular weight excluding hydrogens is 284 g/mol. The average Bonchev–Trinajstić information content (AvgIpc) is 2.72. The SMILES string of the molecule is CC1(C)OCC[C@@H]2[C@@H](N3C(=O)c4ccccc4C3=O)C(=O)N21. The Hall–Kier alpha value is -2.21. The Labute approximate surface area is 127 Å². The van der Waals surface area contributed by atoms with Gasteiger partial charge >= 0.3 is 0 Å². The minimum absolute atomic E-state index is 0.154. The average molecular weight is 300 g/mol. The van der Waals surface area contributed by atoms with Crippen LogP contribution < -0.4 is 0 Å². The van der Waals surface area contributed by atoms with E-state index in [9.17, 15) is 14.4 Å². The summed E-state index contributed by atoms with van der Waals surface area (Å²) >= 11 is 0. The molecule has 4 rings (SSSR count). The molecule has 3 aliphatic heterocycles. The lowest BCUT2D eigenvalue weighted by Crippen LogP contribution is -2.78. The highest BCUT2D eigenvalue weighted by Gasteiger charge is 2.61. The number of β-lactam (4-membered cyclic amide) rings is 1. The fourth-order valence-electron chi connectivity index (χ4n) is 3.72. The molecule has 0 saturated carbocycles. The van der Waals surface area contributed by atoms with Gasteiger partial charge in [0.15, 0.2) is 0 Å². The zero-order valence-corrected chi connectivity index (χ0v) is 12.4. The first-order valence-electron chi connectivity index (χ1n) is 7.37. The summed E-state index contributed by atoms with van der Waals surface area (Å²) in [5.41, 5.74) is 0.0740.